The van der Waals surface area contributed by atoms with Crippen molar-refractivity contribution in [3.63, 3.8) is 0 Å². The van der Waals surface area contributed by atoms with E-state index in [4.69, 9.17) is 6.42 Å². The Morgan fingerprint density at radius 1 is 1.60 bits per heavy atom. The number of terminal acetylenes is 1. The molecular formula is C9H10O. The highest BCUT2D eigenvalue weighted by atomic mass is 16.1. The molecule has 0 aliphatic heterocycles. The smallest absolute Gasteiger partial charge is 0.231 e. The van der Waals surface area contributed by atoms with Crippen molar-refractivity contribution in [2.45, 2.75) is 25.7 Å². The maximum atomic E-state index is 10.9. The Morgan fingerprint density at radius 3 is 2.90 bits per heavy atom. The van der Waals surface area contributed by atoms with Gasteiger partial charge in [0, 0.05) is 5.57 Å². The molecule has 1 nitrogen and oxygen atoms in total. The fourth-order valence-electron chi connectivity index (χ4n) is 1.14. The molecule has 0 fully saturated rings. The van der Waals surface area contributed by atoms with Crippen molar-refractivity contribution in [2.24, 2.45) is 0 Å². The van der Waals surface area contributed by atoms with Gasteiger partial charge in [0.25, 0.3) is 0 Å². The predicted octanol–water partition coefficient (Wildman–Crippen LogP) is 1.69. The minimum atomic E-state index is -0.125. The second-order valence-corrected chi connectivity index (χ2v) is 2.45. The third-order valence-electron chi connectivity index (χ3n) is 1.71. The molecule has 1 heteroatoms. The van der Waals surface area contributed by atoms with Gasteiger partial charge in [-0.05, 0) is 31.6 Å². The van der Waals surface area contributed by atoms with Crippen molar-refractivity contribution in [1.29, 1.82) is 0 Å². The molecule has 1 rings (SSSR count). The average molecular weight is 134 g/mol. The highest BCUT2D eigenvalue weighted by Gasteiger charge is 2.08. The van der Waals surface area contributed by atoms with Crippen LogP contribution in [0.1, 0.15) is 25.7 Å². The lowest BCUT2D eigenvalue weighted by Crippen LogP contribution is -2.02. The van der Waals surface area contributed by atoms with Crippen LogP contribution in [0.15, 0.2) is 11.6 Å². The fraction of sp³-hybridized carbons (Fsp3) is 0.444. The third-order valence-corrected chi connectivity index (χ3v) is 1.71. The van der Waals surface area contributed by atoms with Crippen LogP contribution in [-0.4, -0.2) is 5.78 Å². The quantitative estimate of drug-likeness (QED) is 0.394. The molecule has 52 valence electrons. The molecule has 0 saturated carbocycles. The molecule has 0 amide bonds. The summed E-state index contributed by atoms with van der Waals surface area (Å²) in [6.45, 7) is 0. The number of rotatable bonds is 1. The van der Waals surface area contributed by atoms with Crippen LogP contribution in [0.5, 0.6) is 0 Å². The van der Waals surface area contributed by atoms with Crippen LogP contribution in [0.25, 0.3) is 0 Å². The van der Waals surface area contributed by atoms with Gasteiger partial charge in [-0.2, -0.15) is 0 Å². The maximum Gasteiger partial charge on any atom is 0.231 e. The number of carbonyl (C=O) groups excluding carboxylic acids is 1. The fourth-order valence-corrected chi connectivity index (χ4v) is 1.14. The van der Waals surface area contributed by atoms with Crippen molar-refractivity contribution in [2.75, 3.05) is 0 Å². The molecule has 0 atom stereocenters. The second-order valence-electron chi connectivity index (χ2n) is 2.45. The molecule has 1 aliphatic carbocycles. The van der Waals surface area contributed by atoms with Crippen LogP contribution in [-0.2, 0) is 4.79 Å². The van der Waals surface area contributed by atoms with E-state index in [1.807, 2.05) is 6.08 Å². The lowest BCUT2D eigenvalue weighted by atomic mass is 9.97. The zero-order valence-electron chi connectivity index (χ0n) is 5.89. The Balaban J connectivity index is 2.64. The first-order valence-electron chi connectivity index (χ1n) is 3.54. The molecule has 0 N–H and O–H groups in total. The topological polar surface area (TPSA) is 17.1 Å². The summed E-state index contributed by atoms with van der Waals surface area (Å²) in [6, 6.07) is 0. The average Bonchev–Trinajstić information content (AvgIpc) is 2.05. The van der Waals surface area contributed by atoms with E-state index in [1.165, 1.54) is 6.42 Å². The van der Waals surface area contributed by atoms with Gasteiger partial charge in [-0.25, -0.2) is 0 Å². The molecule has 0 bridgehead atoms. The lowest BCUT2D eigenvalue weighted by molar-refractivity contribution is -0.110. The summed E-state index contributed by atoms with van der Waals surface area (Å²) in [6.07, 6.45) is 11.1. The van der Waals surface area contributed by atoms with Crippen molar-refractivity contribution in [1.82, 2.24) is 0 Å². The summed E-state index contributed by atoms with van der Waals surface area (Å²) in [5.74, 6) is 2.00. The zero-order chi connectivity index (χ0) is 7.40. The third kappa shape index (κ3) is 1.48. The van der Waals surface area contributed by atoms with E-state index in [0.717, 1.165) is 24.8 Å². The summed E-state index contributed by atoms with van der Waals surface area (Å²) >= 11 is 0. The number of Topliss-reactive ketones (excluding diaryl/α,β-unsaturated/α-hetero) is 1. The number of hydrogen-bond acceptors (Lipinski definition) is 1. The summed E-state index contributed by atoms with van der Waals surface area (Å²) < 4.78 is 0. The normalized spacial score (nSPS) is 17.3. The van der Waals surface area contributed by atoms with Crippen molar-refractivity contribution in [3.8, 4) is 12.3 Å². The minimum absolute atomic E-state index is 0.125. The molecule has 0 radical (unpaired) electrons. The molecule has 0 heterocycles. The first kappa shape index (κ1) is 7.08. The van der Waals surface area contributed by atoms with Crippen LogP contribution in [0.2, 0.25) is 0 Å². The van der Waals surface area contributed by atoms with Crippen LogP contribution in [0, 0.1) is 12.3 Å². The molecule has 10 heavy (non-hydrogen) atoms. The Kier molecular flexibility index (Phi) is 2.28. The van der Waals surface area contributed by atoms with Gasteiger partial charge >= 0.3 is 0 Å². The number of allylic oxidation sites excluding steroid dienone is 2. The minimum Gasteiger partial charge on any atom is -0.280 e. The molecule has 0 saturated heterocycles. The van der Waals surface area contributed by atoms with Crippen LogP contribution >= 0.6 is 0 Å². The molecule has 0 aromatic heterocycles. The largest absolute Gasteiger partial charge is 0.280 e. The summed E-state index contributed by atoms with van der Waals surface area (Å²) in [4.78, 5) is 10.9. The number of carbonyl (C=O) groups is 1. The monoisotopic (exact) mass is 134 g/mol. The van der Waals surface area contributed by atoms with E-state index < -0.39 is 0 Å². The number of hydrogen-bond donors (Lipinski definition) is 0. The van der Waals surface area contributed by atoms with Gasteiger partial charge in [-0.1, -0.05) is 6.08 Å². The molecule has 0 spiro atoms. The van der Waals surface area contributed by atoms with Gasteiger partial charge in [-0.15, -0.1) is 6.42 Å². The molecule has 1 aliphatic rings. The van der Waals surface area contributed by atoms with Gasteiger partial charge < -0.3 is 0 Å². The summed E-state index contributed by atoms with van der Waals surface area (Å²) in [5, 5.41) is 0. The number of ketones is 1. The second kappa shape index (κ2) is 3.22. The Labute approximate surface area is 61.1 Å². The van der Waals surface area contributed by atoms with Crippen LogP contribution in [0.3, 0.4) is 0 Å². The predicted molar refractivity (Wildman–Crippen MR) is 40.4 cm³/mol. The van der Waals surface area contributed by atoms with Gasteiger partial charge in [0.15, 0.2) is 0 Å². The molecule has 0 aromatic carbocycles. The van der Waals surface area contributed by atoms with Gasteiger partial charge in [0.1, 0.15) is 0 Å². The van der Waals surface area contributed by atoms with Gasteiger partial charge in [0.05, 0.1) is 0 Å². The van der Waals surface area contributed by atoms with E-state index in [9.17, 15) is 4.79 Å². The van der Waals surface area contributed by atoms with Gasteiger partial charge in [0.2, 0.25) is 5.78 Å². The Bertz CT molecular complexity index is 205. The highest BCUT2D eigenvalue weighted by molar-refractivity contribution is 6.08. The standard InChI is InChI=1S/C9H10O/c1-2-9(10)8-6-4-3-5-7-8/h1,6H,3-5,7H2. The van der Waals surface area contributed by atoms with Crippen molar-refractivity contribution < 1.29 is 4.79 Å². The van der Waals surface area contributed by atoms with Crippen LogP contribution in [0.4, 0.5) is 0 Å². The zero-order valence-corrected chi connectivity index (χ0v) is 5.89. The first-order valence-corrected chi connectivity index (χ1v) is 3.54. The summed E-state index contributed by atoms with van der Waals surface area (Å²) in [5.41, 5.74) is 0.841. The van der Waals surface area contributed by atoms with E-state index in [1.54, 1.807) is 0 Å². The van der Waals surface area contributed by atoms with Gasteiger partial charge in [-0.3, -0.25) is 4.79 Å². The maximum absolute atomic E-state index is 10.9. The van der Waals surface area contributed by atoms with E-state index in [2.05, 4.69) is 5.92 Å². The first-order chi connectivity index (χ1) is 4.84. The highest BCUT2D eigenvalue weighted by Crippen LogP contribution is 2.17. The Morgan fingerprint density at radius 2 is 2.40 bits per heavy atom. The SMILES string of the molecule is C#CC(=O)C1=CCCCC1. The van der Waals surface area contributed by atoms with E-state index in [0.29, 0.717) is 0 Å². The van der Waals surface area contributed by atoms with Crippen molar-refractivity contribution in [3.05, 3.63) is 11.6 Å². The van der Waals surface area contributed by atoms with E-state index in [-0.39, 0.29) is 5.78 Å². The summed E-state index contributed by atoms with van der Waals surface area (Å²) in [7, 11) is 0. The van der Waals surface area contributed by atoms with Crippen LogP contribution < -0.4 is 0 Å². The van der Waals surface area contributed by atoms with Crippen molar-refractivity contribution >= 4 is 5.78 Å². The lowest BCUT2D eigenvalue weighted by Gasteiger charge is -2.07. The Hall–Kier alpha value is -1.03. The molecule has 0 aromatic rings. The van der Waals surface area contributed by atoms with E-state index >= 15 is 0 Å². The molecular weight excluding hydrogens is 124 g/mol. The molecule has 0 unspecified atom stereocenters.